The van der Waals surface area contributed by atoms with Crippen LogP contribution >= 0.6 is 11.3 Å². The Hall–Kier alpha value is -7.21. The average Bonchev–Trinajstić information content (AvgIpc) is 3.83. The molecule has 0 bridgehead atoms. The Kier molecular flexibility index (Phi) is 7.64. The molecule has 5 heteroatoms. The maximum Gasteiger partial charge on any atom is 0.238 e. The van der Waals surface area contributed by atoms with Crippen LogP contribution in [0.5, 0.6) is 0 Å². The Balaban J connectivity index is 0.970. The van der Waals surface area contributed by atoms with Crippen LogP contribution in [0.3, 0.4) is 0 Å². The Bertz CT molecular complexity index is 3180. The number of thiophene rings is 1. The van der Waals surface area contributed by atoms with Crippen molar-refractivity contribution in [2.45, 2.75) is 0 Å². The second-order valence-electron chi connectivity index (χ2n) is 14.0. The van der Waals surface area contributed by atoms with Crippen molar-refractivity contribution in [1.82, 2.24) is 19.5 Å². The summed E-state index contributed by atoms with van der Waals surface area (Å²) in [7, 11) is 0. The Labute approximate surface area is 327 Å². The molecule has 0 unspecified atom stereocenters. The first kappa shape index (κ1) is 32.2. The van der Waals surface area contributed by atoms with Gasteiger partial charge < -0.3 is 0 Å². The summed E-state index contributed by atoms with van der Waals surface area (Å²) in [6.45, 7) is 0. The first-order valence-electron chi connectivity index (χ1n) is 18.8. The predicted molar refractivity (Wildman–Crippen MR) is 234 cm³/mol. The lowest BCUT2D eigenvalue weighted by Gasteiger charge is -2.11. The van der Waals surface area contributed by atoms with Gasteiger partial charge in [0.2, 0.25) is 5.95 Å². The van der Waals surface area contributed by atoms with Crippen LogP contribution in [0.25, 0.3) is 104 Å². The highest BCUT2D eigenvalue weighted by Crippen LogP contribution is 2.42. The van der Waals surface area contributed by atoms with Crippen molar-refractivity contribution in [2.24, 2.45) is 0 Å². The third kappa shape index (κ3) is 5.48. The lowest BCUT2D eigenvalue weighted by Crippen LogP contribution is -2.06. The lowest BCUT2D eigenvalue weighted by molar-refractivity contribution is 0.953. The monoisotopic (exact) mass is 732 g/mol. The van der Waals surface area contributed by atoms with Gasteiger partial charge in [-0.05, 0) is 63.7 Å². The molecular weight excluding hydrogens is 701 g/mol. The lowest BCUT2D eigenvalue weighted by atomic mass is 9.97. The molecule has 0 atom stereocenters. The average molecular weight is 733 g/mol. The molecule has 262 valence electrons. The van der Waals surface area contributed by atoms with Gasteiger partial charge in [-0.25, -0.2) is 4.98 Å². The van der Waals surface area contributed by atoms with Crippen molar-refractivity contribution in [1.29, 1.82) is 0 Å². The molecule has 0 aliphatic carbocycles. The van der Waals surface area contributed by atoms with Crippen molar-refractivity contribution < 1.29 is 0 Å². The Morgan fingerprint density at radius 3 is 1.54 bits per heavy atom. The Morgan fingerprint density at radius 1 is 0.339 bits per heavy atom. The molecule has 11 aromatic rings. The fraction of sp³-hybridized carbons (Fsp3) is 0. The third-order valence-corrected chi connectivity index (χ3v) is 11.9. The van der Waals surface area contributed by atoms with E-state index in [1.54, 1.807) is 0 Å². The number of benzene rings is 8. The van der Waals surface area contributed by atoms with Crippen molar-refractivity contribution in [3.05, 3.63) is 194 Å². The first-order valence-corrected chi connectivity index (χ1v) is 19.6. The standard InChI is InChI=1S/C51H32N4S/c1-3-13-34(14-4-1)40-21-12-22-43-44-32-39(29-30-47(44)56-48(40)43)38-18-11-17-37(31-38)33-25-27-36(28-26-33)50-52-49(35-15-5-2-6-16-35)53-51(54-50)55-45-23-9-7-19-41(45)42-20-8-10-24-46(42)55/h1-32H. The van der Waals surface area contributed by atoms with Crippen molar-refractivity contribution in [3.63, 3.8) is 0 Å². The van der Waals surface area contributed by atoms with Crippen LogP contribution in [0.2, 0.25) is 0 Å². The minimum atomic E-state index is 0.592. The summed E-state index contributed by atoms with van der Waals surface area (Å²) >= 11 is 1.87. The molecule has 3 aromatic heterocycles. The van der Waals surface area contributed by atoms with E-state index in [1.165, 1.54) is 53.2 Å². The molecular formula is C51H32N4S. The smallest absolute Gasteiger partial charge is 0.238 e. The van der Waals surface area contributed by atoms with Gasteiger partial charge in [0.1, 0.15) is 0 Å². The minimum Gasteiger partial charge on any atom is -0.278 e. The van der Waals surface area contributed by atoms with Gasteiger partial charge >= 0.3 is 0 Å². The SMILES string of the molecule is c1ccc(-c2nc(-c3ccc(-c4cccc(-c5ccc6sc7c(-c8ccccc8)cccc7c6c5)c4)cc3)nc(-n3c4ccccc4c4ccccc43)n2)cc1. The van der Waals surface area contributed by atoms with E-state index in [9.17, 15) is 0 Å². The summed E-state index contributed by atoms with van der Waals surface area (Å²) in [5.41, 5.74) is 11.2. The van der Waals surface area contributed by atoms with Gasteiger partial charge in [0.05, 0.1) is 11.0 Å². The van der Waals surface area contributed by atoms with E-state index in [0.29, 0.717) is 17.6 Å². The Morgan fingerprint density at radius 2 is 0.839 bits per heavy atom. The third-order valence-electron chi connectivity index (χ3n) is 10.7. The largest absolute Gasteiger partial charge is 0.278 e. The van der Waals surface area contributed by atoms with Gasteiger partial charge in [-0.2, -0.15) is 9.97 Å². The molecule has 56 heavy (non-hydrogen) atoms. The maximum absolute atomic E-state index is 5.13. The molecule has 0 radical (unpaired) electrons. The molecule has 3 heterocycles. The second-order valence-corrected chi connectivity index (χ2v) is 15.1. The van der Waals surface area contributed by atoms with E-state index < -0.39 is 0 Å². The highest BCUT2D eigenvalue weighted by Gasteiger charge is 2.18. The molecule has 0 fully saturated rings. The van der Waals surface area contributed by atoms with Crippen LogP contribution in [0, 0.1) is 0 Å². The van der Waals surface area contributed by atoms with Gasteiger partial charge in [-0.15, -0.1) is 11.3 Å². The van der Waals surface area contributed by atoms with E-state index >= 15 is 0 Å². The quantitative estimate of drug-likeness (QED) is 0.171. The number of rotatable bonds is 6. The highest BCUT2D eigenvalue weighted by atomic mass is 32.1. The van der Waals surface area contributed by atoms with Crippen LogP contribution in [0.15, 0.2) is 194 Å². The van der Waals surface area contributed by atoms with E-state index in [2.05, 4.69) is 168 Å². The summed E-state index contributed by atoms with van der Waals surface area (Å²) < 4.78 is 4.78. The van der Waals surface area contributed by atoms with Crippen LogP contribution in [0.4, 0.5) is 0 Å². The number of nitrogens with zero attached hydrogens (tertiary/aromatic N) is 4. The van der Waals surface area contributed by atoms with Gasteiger partial charge in [0.25, 0.3) is 0 Å². The van der Waals surface area contributed by atoms with Crippen molar-refractivity contribution >= 4 is 53.3 Å². The van der Waals surface area contributed by atoms with Gasteiger partial charge in [0.15, 0.2) is 11.6 Å². The zero-order valence-corrected chi connectivity index (χ0v) is 31.0. The van der Waals surface area contributed by atoms with E-state index in [-0.39, 0.29) is 0 Å². The summed E-state index contributed by atoms with van der Waals surface area (Å²) in [5.74, 6) is 1.85. The molecule has 0 spiro atoms. The molecule has 11 rings (SSSR count). The molecule has 0 aliphatic rings. The second kappa shape index (κ2) is 13.3. The van der Waals surface area contributed by atoms with Crippen molar-refractivity contribution in [3.8, 4) is 62.1 Å². The normalized spacial score (nSPS) is 11.6. The maximum atomic E-state index is 5.13. The predicted octanol–water partition coefficient (Wildman–Crippen LogP) is 13.7. The molecule has 0 amide bonds. The fourth-order valence-electron chi connectivity index (χ4n) is 7.96. The summed E-state index contributed by atoms with van der Waals surface area (Å²) in [6.07, 6.45) is 0. The number of para-hydroxylation sites is 2. The number of aromatic nitrogens is 4. The molecule has 0 saturated heterocycles. The molecule has 0 N–H and O–H groups in total. The molecule has 8 aromatic carbocycles. The number of fused-ring (bicyclic) bond motifs is 6. The van der Waals surface area contributed by atoms with Crippen LogP contribution in [-0.4, -0.2) is 19.5 Å². The van der Waals surface area contributed by atoms with E-state index in [0.717, 1.165) is 33.3 Å². The summed E-state index contributed by atoms with van der Waals surface area (Å²) in [6, 6.07) is 68.6. The highest BCUT2D eigenvalue weighted by molar-refractivity contribution is 7.26. The topological polar surface area (TPSA) is 43.6 Å². The minimum absolute atomic E-state index is 0.592. The number of hydrogen-bond acceptors (Lipinski definition) is 4. The number of hydrogen-bond donors (Lipinski definition) is 0. The van der Waals surface area contributed by atoms with Crippen LogP contribution in [0.1, 0.15) is 0 Å². The zero-order valence-electron chi connectivity index (χ0n) is 30.2. The van der Waals surface area contributed by atoms with Crippen LogP contribution in [-0.2, 0) is 0 Å². The van der Waals surface area contributed by atoms with Gasteiger partial charge in [0, 0.05) is 42.1 Å². The summed E-state index contributed by atoms with van der Waals surface area (Å²) in [5, 5.41) is 4.93. The zero-order chi connectivity index (χ0) is 37.0. The van der Waals surface area contributed by atoms with Gasteiger partial charge in [-0.1, -0.05) is 164 Å². The first-order chi connectivity index (χ1) is 27.7. The summed E-state index contributed by atoms with van der Waals surface area (Å²) in [4.78, 5) is 15.2. The van der Waals surface area contributed by atoms with Crippen molar-refractivity contribution in [2.75, 3.05) is 0 Å². The van der Waals surface area contributed by atoms with E-state index in [1.807, 2.05) is 41.7 Å². The molecule has 0 saturated carbocycles. The molecule has 0 aliphatic heterocycles. The molecule has 4 nitrogen and oxygen atoms in total. The van der Waals surface area contributed by atoms with Crippen LogP contribution < -0.4 is 0 Å². The van der Waals surface area contributed by atoms with E-state index in [4.69, 9.17) is 15.0 Å². The fourth-order valence-corrected chi connectivity index (χ4v) is 9.18. The van der Waals surface area contributed by atoms with Gasteiger partial charge in [-0.3, -0.25) is 4.57 Å².